The number of rotatable bonds is 3. The molecule has 1 atom stereocenters. The Hall–Kier alpha value is -0.640. The molecule has 17 heavy (non-hydrogen) atoms. The zero-order chi connectivity index (χ0) is 12.3. The average molecular weight is 257 g/mol. The molecule has 1 saturated heterocycles. The fraction of sp³-hybridized carbons (Fsp3) is 0.538. The number of hydrogen-bond acceptors (Lipinski definition) is 2. The zero-order valence-electron chi connectivity index (χ0n) is 9.76. The highest BCUT2D eigenvalue weighted by Gasteiger charge is 2.19. The van der Waals surface area contributed by atoms with Crippen molar-refractivity contribution in [3.8, 4) is 0 Å². The van der Waals surface area contributed by atoms with Crippen LogP contribution in [0.5, 0.6) is 0 Å². The SMILES string of the molecule is NC(CC1CCNCC1)c1cc(Cl)ccc1F. The summed E-state index contributed by atoms with van der Waals surface area (Å²) in [4.78, 5) is 0. The van der Waals surface area contributed by atoms with Gasteiger partial charge in [-0.3, -0.25) is 0 Å². The highest BCUT2D eigenvalue weighted by molar-refractivity contribution is 6.30. The lowest BCUT2D eigenvalue weighted by atomic mass is 9.88. The second-order valence-corrected chi connectivity index (χ2v) is 5.14. The number of nitrogens with one attached hydrogen (secondary N) is 1. The number of nitrogens with two attached hydrogens (primary N) is 1. The zero-order valence-corrected chi connectivity index (χ0v) is 10.5. The summed E-state index contributed by atoms with van der Waals surface area (Å²) in [5.74, 6) is 0.334. The molecule has 1 aliphatic heterocycles. The average Bonchev–Trinajstić information content (AvgIpc) is 2.33. The lowest BCUT2D eigenvalue weighted by molar-refractivity contribution is 0.330. The molecule has 3 N–H and O–H groups in total. The Morgan fingerprint density at radius 1 is 1.41 bits per heavy atom. The van der Waals surface area contributed by atoms with Gasteiger partial charge in [0, 0.05) is 16.6 Å². The van der Waals surface area contributed by atoms with Gasteiger partial charge in [-0.2, -0.15) is 0 Å². The highest BCUT2D eigenvalue weighted by Crippen LogP contribution is 2.27. The molecule has 4 heteroatoms. The predicted octanol–water partition coefficient (Wildman–Crippen LogP) is 2.87. The van der Waals surface area contributed by atoms with Crippen molar-refractivity contribution in [2.24, 2.45) is 11.7 Å². The minimum Gasteiger partial charge on any atom is -0.324 e. The Morgan fingerprint density at radius 3 is 2.82 bits per heavy atom. The van der Waals surface area contributed by atoms with Crippen LogP contribution in [0.15, 0.2) is 18.2 Å². The van der Waals surface area contributed by atoms with Crippen molar-refractivity contribution in [3.63, 3.8) is 0 Å². The second-order valence-electron chi connectivity index (χ2n) is 4.70. The fourth-order valence-electron chi connectivity index (χ4n) is 2.40. The second kappa shape index (κ2) is 5.80. The predicted molar refractivity (Wildman–Crippen MR) is 68.5 cm³/mol. The summed E-state index contributed by atoms with van der Waals surface area (Å²) in [6, 6.07) is 4.33. The van der Waals surface area contributed by atoms with Gasteiger partial charge in [-0.15, -0.1) is 0 Å². The van der Waals surface area contributed by atoms with Crippen molar-refractivity contribution < 1.29 is 4.39 Å². The third kappa shape index (κ3) is 3.41. The van der Waals surface area contributed by atoms with Gasteiger partial charge >= 0.3 is 0 Å². The van der Waals surface area contributed by atoms with Gasteiger partial charge in [0.15, 0.2) is 0 Å². The molecule has 0 radical (unpaired) electrons. The quantitative estimate of drug-likeness (QED) is 0.873. The highest BCUT2D eigenvalue weighted by atomic mass is 35.5. The summed E-state index contributed by atoms with van der Waals surface area (Å²) < 4.78 is 13.6. The minimum absolute atomic E-state index is 0.253. The molecule has 1 heterocycles. The Balaban J connectivity index is 2.02. The van der Waals surface area contributed by atoms with E-state index in [2.05, 4.69) is 5.32 Å². The van der Waals surface area contributed by atoms with Gasteiger partial charge in [0.2, 0.25) is 0 Å². The fourth-order valence-corrected chi connectivity index (χ4v) is 2.58. The van der Waals surface area contributed by atoms with E-state index in [0.29, 0.717) is 16.5 Å². The lowest BCUT2D eigenvalue weighted by Crippen LogP contribution is -2.29. The number of halogens is 2. The molecule has 0 aliphatic carbocycles. The Kier molecular flexibility index (Phi) is 4.37. The van der Waals surface area contributed by atoms with Crippen LogP contribution in [0.3, 0.4) is 0 Å². The van der Waals surface area contributed by atoms with Gasteiger partial charge in [-0.05, 0) is 56.5 Å². The van der Waals surface area contributed by atoms with Gasteiger partial charge in [0.05, 0.1) is 0 Å². The van der Waals surface area contributed by atoms with Gasteiger partial charge < -0.3 is 11.1 Å². The smallest absolute Gasteiger partial charge is 0.128 e. The molecule has 0 aromatic heterocycles. The maximum Gasteiger partial charge on any atom is 0.128 e. The van der Waals surface area contributed by atoms with Crippen LogP contribution >= 0.6 is 11.6 Å². The maximum absolute atomic E-state index is 13.6. The van der Waals surface area contributed by atoms with Crippen LogP contribution in [0.1, 0.15) is 30.9 Å². The standard InChI is InChI=1S/C13H18ClFN2/c14-10-1-2-12(15)11(8-10)13(16)7-9-3-5-17-6-4-9/h1-2,8-9,13,17H,3-7,16H2. The maximum atomic E-state index is 13.6. The van der Waals surface area contributed by atoms with Crippen LogP contribution < -0.4 is 11.1 Å². The van der Waals surface area contributed by atoms with E-state index >= 15 is 0 Å². The van der Waals surface area contributed by atoms with Crippen LogP contribution in [0.4, 0.5) is 4.39 Å². The first kappa shape index (κ1) is 12.8. The van der Waals surface area contributed by atoms with Crippen LogP contribution in [-0.2, 0) is 0 Å². The van der Waals surface area contributed by atoms with Gasteiger partial charge in [-0.1, -0.05) is 11.6 Å². The molecule has 2 rings (SSSR count). The first-order chi connectivity index (χ1) is 8.16. The van der Waals surface area contributed by atoms with Gasteiger partial charge in [0.25, 0.3) is 0 Å². The summed E-state index contributed by atoms with van der Waals surface area (Å²) in [5.41, 5.74) is 6.61. The number of hydrogen-bond donors (Lipinski definition) is 2. The first-order valence-corrected chi connectivity index (χ1v) is 6.46. The van der Waals surface area contributed by atoms with E-state index in [9.17, 15) is 4.39 Å². The van der Waals surface area contributed by atoms with Crippen molar-refractivity contribution in [1.29, 1.82) is 0 Å². The molecule has 1 aromatic rings. The third-order valence-electron chi connectivity index (χ3n) is 3.40. The summed E-state index contributed by atoms with van der Waals surface area (Å²) in [7, 11) is 0. The van der Waals surface area contributed by atoms with E-state index in [1.54, 1.807) is 12.1 Å². The Morgan fingerprint density at radius 2 is 2.12 bits per heavy atom. The van der Waals surface area contributed by atoms with E-state index < -0.39 is 0 Å². The normalized spacial score (nSPS) is 19.2. The van der Waals surface area contributed by atoms with Crippen molar-refractivity contribution in [3.05, 3.63) is 34.6 Å². The summed E-state index contributed by atoms with van der Waals surface area (Å²) in [6.07, 6.45) is 3.07. The largest absolute Gasteiger partial charge is 0.324 e. The van der Waals surface area contributed by atoms with E-state index in [0.717, 1.165) is 32.4 Å². The van der Waals surface area contributed by atoms with Crippen molar-refractivity contribution in [2.45, 2.75) is 25.3 Å². The van der Waals surface area contributed by atoms with Crippen LogP contribution in [0, 0.1) is 11.7 Å². The van der Waals surface area contributed by atoms with Crippen molar-refractivity contribution in [1.82, 2.24) is 5.32 Å². The summed E-state index contributed by atoms with van der Waals surface area (Å²) >= 11 is 5.87. The molecular weight excluding hydrogens is 239 g/mol. The van der Waals surface area contributed by atoms with Gasteiger partial charge in [0.1, 0.15) is 5.82 Å². The summed E-state index contributed by atoms with van der Waals surface area (Å²) in [5, 5.41) is 3.86. The van der Waals surface area contributed by atoms with Crippen LogP contribution in [-0.4, -0.2) is 13.1 Å². The topological polar surface area (TPSA) is 38.0 Å². The first-order valence-electron chi connectivity index (χ1n) is 6.08. The molecule has 94 valence electrons. The molecule has 1 aromatic carbocycles. The van der Waals surface area contributed by atoms with Gasteiger partial charge in [-0.25, -0.2) is 4.39 Å². The lowest BCUT2D eigenvalue weighted by Gasteiger charge is -2.25. The summed E-state index contributed by atoms with van der Waals surface area (Å²) in [6.45, 7) is 2.07. The molecule has 2 nitrogen and oxygen atoms in total. The monoisotopic (exact) mass is 256 g/mol. The van der Waals surface area contributed by atoms with Crippen LogP contribution in [0.25, 0.3) is 0 Å². The molecule has 0 bridgehead atoms. The molecule has 0 amide bonds. The molecular formula is C13H18ClFN2. The molecule has 0 saturated carbocycles. The van der Waals surface area contributed by atoms with E-state index in [1.165, 1.54) is 6.07 Å². The van der Waals surface area contributed by atoms with E-state index in [4.69, 9.17) is 17.3 Å². The Labute approximate surface area is 106 Å². The minimum atomic E-state index is -0.254. The van der Waals surface area contributed by atoms with Crippen molar-refractivity contribution in [2.75, 3.05) is 13.1 Å². The molecule has 1 unspecified atom stereocenters. The van der Waals surface area contributed by atoms with E-state index in [1.807, 2.05) is 0 Å². The van der Waals surface area contributed by atoms with E-state index in [-0.39, 0.29) is 11.9 Å². The van der Waals surface area contributed by atoms with Crippen molar-refractivity contribution >= 4 is 11.6 Å². The third-order valence-corrected chi connectivity index (χ3v) is 3.64. The van der Waals surface area contributed by atoms with Crippen LogP contribution in [0.2, 0.25) is 5.02 Å². The molecule has 1 fully saturated rings. The molecule has 1 aliphatic rings. The number of piperidine rings is 1. The Bertz CT molecular complexity index is 378. The molecule has 0 spiro atoms. The number of benzene rings is 1.